The van der Waals surface area contributed by atoms with Crippen molar-refractivity contribution in [2.45, 2.75) is 13.0 Å². The molecular formula is C17H20N6O2. The summed E-state index contributed by atoms with van der Waals surface area (Å²) < 4.78 is 13.5. The Bertz CT molecular complexity index is 909. The lowest BCUT2D eigenvalue weighted by Crippen LogP contribution is -2.41. The number of benzene rings is 1. The van der Waals surface area contributed by atoms with Crippen molar-refractivity contribution in [1.82, 2.24) is 19.7 Å². The topological polar surface area (TPSA) is 91.3 Å². The van der Waals surface area contributed by atoms with Crippen molar-refractivity contribution in [2.75, 3.05) is 30.3 Å². The molecular weight excluding hydrogens is 320 g/mol. The Labute approximate surface area is 145 Å². The van der Waals surface area contributed by atoms with Crippen molar-refractivity contribution in [1.29, 1.82) is 0 Å². The van der Waals surface area contributed by atoms with Crippen LogP contribution >= 0.6 is 0 Å². The van der Waals surface area contributed by atoms with Gasteiger partial charge < -0.3 is 20.1 Å². The standard InChI is InChI=1S/C17H20N6O2/c1-3-23(9-11-10-24-13-6-4-5-7-14(13)25-11)17-20-15(18)12-8-19-22(2)16(12)21-17/h4-8,11H,3,9-10H2,1-2H3,(H2,18,20,21). The molecule has 2 aromatic heterocycles. The van der Waals surface area contributed by atoms with E-state index in [2.05, 4.69) is 15.1 Å². The fourth-order valence-corrected chi connectivity index (χ4v) is 2.92. The van der Waals surface area contributed by atoms with E-state index in [-0.39, 0.29) is 6.10 Å². The van der Waals surface area contributed by atoms with Crippen LogP contribution in [0.4, 0.5) is 11.8 Å². The van der Waals surface area contributed by atoms with Crippen LogP contribution in [-0.2, 0) is 7.05 Å². The maximum absolute atomic E-state index is 6.07. The highest BCUT2D eigenvalue weighted by atomic mass is 16.6. The number of nitrogens with zero attached hydrogens (tertiary/aromatic N) is 5. The van der Waals surface area contributed by atoms with Gasteiger partial charge in [0.05, 0.1) is 18.1 Å². The third-order valence-corrected chi connectivity index (χ3v) is 4.27. The third-order valence-electron chi connectivity index (χ3n) is 4.27. The lowest BCUT2D eigenvalue weighted by atomic mass is 10.2. The van der Waals surface area contributed by atoms with Gasteiger partial charge >= 0.3 is 0 Å². The highest BCUT2D eigenvalue weighted by Gasteiger charge is 2.24. The van der Waals surface area contributed by atoms with Gasteiger partial charge in [-0.25, -0.2) is 0 Å². The van der Waals surface area contributed by atoms with Gasteiger partial charge in [-0.15, -0.1) is 0 Å². The van der Waals surface area contributed by atoms with Crippen molar-refractivity contribution in [3.05, 3.63) is 30.5 Å². The fourth-order valence-electron chi connectivity index (χ4n) is 2.92. The molecule has 0 fully saturated rings. The Kier molecular flexibility index (Phi) is 3.79. The predicted octanol–water partition coefficient (Wildman–Crippen LogP) is 1.61. The van der Waals surface area contributed by atoms with Gasteiger partial charge in [-0.3, -0.25) is 4.68 Å². The van der Waals surface area contributed by atoms with Gasteiger partial charge in [-0.05, 0) is 19.1 Å². The lowest BCUT2D eigenvalue weighted by Gasteiger charge is -2.31. The van der Waals surface area contributed by atoms with Crippen LogP contribution in [0.5, 0.6) is 11.5 Å². The van der Waals surface area contributed by atoms with E-state index in [0.717, 1.165) is 23.4 Å². The average molecular weight is 340 g/mol. The molecule has 8 nitrogen and oxygen atoms in total. The molecule has 0 radical (unpaired) electrons. The number of likely N-dealkylation sites (N-methyl/N-ethyl adjacent to an activating group) is 1. The maximum Gasteiger partial charge on any atom is 0.229 e. The second kappa shape index (κ2) is 6.12. The second-order valence-electron chi connectivity index (χ2n) is 5.95. The van der Waals surface area contributed by atoms with Gasteiger partial charge in [-0.2, -0.15) is 15.1 Å². The summed E-state index contributed by atoms with van der Waals surface area (Å²) in [6.07, 6.45) is 1.57. The SMILES string of the molecule is CCN(CC1COc2ccccc2O1)c1nc(N)c2cnn(C)c2n1. The molecule has 0 aliphatic carbocycles. The Hall–Kier alpha value is -3.03. The molecule has 2 N–H and O–H groups in total. The molecule has 1 aromatic carbocycles. The van der Waals surface area contributed by atoms with Crippen molar-refractivity contribution >= 4 is 22.8 Å². The van der Waals surface area contributed by atoms with Crippen LogP contribution in [0.2, 0.25) is 0 Å². The van der Waals surface area contributed by atoms with E-state index in [1.165, 1.54) is 0 Å². The van der Waals surface area contributed by atoms with Gasteiger partial charge in [0.25, 0.3) is 0 Å². The Morgan fingerprint density at radius 3 is 2.88 bits per heavy atom. The van der Waals surface area contributed by atoms with Crippen molar-refractivity contribution < 1.29 is 9.47 Å². The first kappa shape index (κ1) is 15.5. The number of fused-ring (bicyclic) bond motifs is 2. The Balaban J connectivity index is 1.58. The number of nitrogens with two attached hydrogens (primary N) is 1. The van der Waals surface area contributed by atoms with Gasteiger partial charge in [0.2, 0.25) is 5.95 Å². The van der Waals surface area contributed by atoms with Crippen LogP contribution in [-0.4, -0.2) is 45.5 Å². The summed E-state index contributed by atoms with van der Waals surface area (Å²) in [5, 5.41) is 4.95. The molecule has 8 heteroatoms. The minimum Gasteiger partial charge on any atom is -0.486 e. The summed E-state index contributed by atoms with van der Waals surface area (Å²) >= 11 is 0. The summed E-state index contributed by atoms with van der Waals surface area (Å²) in [6, 6.07) is 7.68. The monoisotopic (exact) mass is 340 g/mol. The highest BCUT2D eigenvalue weighted by Crippen LogP contribution is 2.31. The first-order chi connectivity index (χ1) is 12.2. The molecule has 1 atom stereocenters. The van der Waals surface area contributed by atoms with E-state index in [9.17, 15) is 0 Å². The molecule has 0 amide bonds. The number of aryl methyl sites for hydroxylation is 1. The summed E-state index contributed by atoms with van der Waals surface area (Å²) in [4.78, 5) is 11.1. The fraction of sp³-hybridized carbons (Fsp3) is 0.353. The number of ether oxygens (including phenoxy) is 2. The average Bonchev–Trinajstić information content (AvgIpc) is 3.01. The Morgan fingerprint density at radius 2 is 2.08 bits per heavy atom. The van der Waals surface area contributed by atoms with E-state index < -0.39 is 0 Å². The van der Waals surface area contributed by atoms with Crippen LogP contribution in [0.1, 0.15) is 6.92 Å². The zero-order valence-corrected chi connectivity index (χ0v) is 14.2. The van der Waals surface area contributed by atoms with Crippen LogP contribution < -0.4 is 20.1 Å². The predicted molar refractivity (Wildman–Crippen MR) is 95.0 cm³/mol. The highest BCUT2D eigenvalue weighted by molar-refractivity contribution is 5.86. The number of para-hydroxylation sites is 2. The molecule has 4 rings (SSSR count). The number of anilines is 2. The minimum absolute atomic E-state index is 0.109. The van der Waals surface area contributed by atoms with Gasteiger partial charge in [0, 0.05) is 13.6 Å². The summed E-state index contributed by atoms with van der Waals surface area (Å²) in [5.74, 6) is 2.53. The molecule has 0 bridgehead atoms. The van der Waals surface area contributed by atoms with Gasteiger partial charge in [-0.1, -0.05) is 12.1 Å². The maximum atomic E-state index is 6.07. The number of rotatable bonds is 4. The number of hydrogen-bond acceptors (Lipinski definition) is 7. The van der Waals surface area contributed by atoms with Crippen LogP contribution in [0, 0.1) is 0 Å². The zero-order chi connectivity index (χ0) is 17.4. The molecule has 0 spiro atoms. The van der Waals surface area contributed by atoms with E-state index in [1.54, 1.807) is 10.9 Å². The van der Waals surface area contributed by atoms with Crippen LogP contribution in [0.3, 0.4) is 0 Å². The Morgan fingerprint density at radius 1 is 1.28 bits per heavy atom. The quantitative estimate of drug-likeness (QED) is 0.771. The van der Waals surface area contributed by atoms with Crippen molar-refractivity contribution in [2.24, 2.45) is 7.05 Å². The number of aromatic nitrogens is 4. The van der Waals surface area contributed by atoms with E-state index in [0.29, 0.717) is 30.6 Å². The molecule has 3 heterocycles. The summed E-state index contributed by atoms with van der Waals surface area (Å²) in [6.45, 7) is 3.86. The van der Waals surface area contributed by atoms with Gasteiger partial charge in [0.1, 0.15) is 12.4 Å². The van der Waals surface area contributed by atoms with Crippen LogP contribution in [0.25, 0.3) is 11.0 Å². The van der Waals surface area contributed by atoms with Crippen LogP contribution in [0.15, 0.2) is 30.5 Å². The number of hydrogen-bond donors (Lipinski definition) is 1. The molecule has 1 unspecified atom stereocenters. The van der Waals surface area contributed by atoms with E-state index in [1.807, 2.05) is 43.1 Å². The lowest BCUT2D eigenvalue weighted by molar-refractivity contribution is 0.0952. The molecule has 1 aliphatic rings. The van der Waals surface area contributed by atoms with Crippen molar-refractivity contribution in [3.63, 3.8) is 0 Å². The summed E-state index contributed by atoms with van der Waals surface area (Å²) in [5.41, 5.74) is 6.79. The normalized spacial score (nSPS) is 16.2. The minimum atomic E-state index is -0.109. The summed E-state index contributed by atoms with van der Waals surface area (Å²) in [7, 11) is 1.84. The first-order valence-corrected chi connectivity index (χ1v) is 8.24. The zero-order valence-electron chi connectivity index (χ0n) is 14.2. The number of nitrogen functional groups attached to an aromatic ring is 1. The van der Waals surface area contributed by atoms with E-state index >= 15 is 0 Å². The van der Waals surface area contributed by atoms with Gasteiger partial charge in [0.15, 0.2) is 23.3 Å². The van der Waals surface area contributed by atoms with Crippen molar-refractivity contribution in [3.8, 4) is 11.5 Å². The second-order valence-corrected chi connectivity index (χ2v) is 5.95. The molecule has 130 valence electrons. The largest absolute Gasteiger partial charge is 0.486 e. The molecule has 0 saturated heterocycles. The third kappa shape index (κ3) is 2.79. The smallest absolute Gasteiger partial charge is 0.229 e. The first-order valence-electron chi connectivity index (χ1n) is 8.24. The molecule has 3 aromatic rings. The molecule has 0 saturated carbocycles. The van der Waals surface area contributed by atoms with E-state index in [4.69, 9.17) is 15.2 Å². The molecule has 1 aliphatic heterocycles. The molecule has 25 heavy (non-hydrogen) atoms.